The molecule has 2 amide bonds. The van der Waals surface area contributed by atoms with Gasteiger partial charge in [0, 0.05) is 44.7 Å². The smallest absolute Gasteiger partial charge is 0.317 e. The Hall–Kier alpha value is -1.67. The van der Waals surface area contributed by atoms with Gasteiger partial charge in [0.05, 0.1) is 12.6 Å². The van der Waals surface area contributed by atoms with Crippen LogP contribution in [-0.2, 0) is 9.59 Å². The fourth-order valence-corrected chi connectivity index (χ4v) is 2.85. The molecule has 0 unspecified atom stereocenters. The average molecular weight is 356 g/mol. The van der Waals surface area contributed by atoms with Crippen LogP contribution in [0.25, 0.3) is 0 Å². The average Bonchev–Trinajstić information content (AvgIpc) is 2.52. The zero-order valence-corrected chi connectivity index (χ0v) is 15.7. The van der Waals surface area contributed by atoms with E-state index in [-0.39, 0.29) is 36.4 Å². The van der Waals surface area contributed by atoms with Crippen LogP contribution in [0.4, 0.5) is 4.79 Å². The van der Waals surface area contributed by atoms with Gasteiger partial charge in [-0.1, -0.05) is 27.7 Å². The van der Waals surface area contributed by atoms with E-state index in [0.717, 1.165) is 0 Å². The maximum Gasteiger partial charge on any atom is 0.317 e. The van der Waals surface area contributed by atoms with Gasteiger partial charge in [0.15, 0.2) is 5.78 Å². The molecule has 1 fully saturated rings. The summed E-state index contributed by atoms with van der Waals surface area (Å²) in [6, 6.07) is -0.214. The number of aliphatic carboxylic acids is 1. The Morgan fingerprint density at radius 2 is 1.64 bits per heavy atom. The number of Topliss-reactive ketones (excluding diaryl/α,β-unsaturated/α-hetero) is 1. The number of urea groups is 1. The van der Waals surface area contributed by atoms with E-state index in [1.807, 2.05) is 32.6 Å². The first-order valence-electron chi connectivity index (χ1n) is 8.97. The van der Waals surface area contributed by atoms with Crippen molar-refractivity contribution in [2.24, 2.45) is 5.92 Å². The number of nitrogens with one attached hydrogen (secondary N) is 2. The first-order valence-corrected chi connectivity index (χ1v) is 8.97. The molecular formula is C17H32N4O4. The van der Waals surface area contributed by atoms with Gasteiger partial charge in [-0.05, 0) is 6.42 Å². The summed E-state index contributed by atoms with van der Waals surface area (Å²) in [5.41, 5.74) is 0. The molecule has 1 aliphatic heterocycles. The normalized spacial score (nSPS) is 17.0. The molecule has 1 atom stereocenters. The minimum Gasteiger partial charge on any atom is -0.480 e. The van der Waals surface area contributed by atoms with E-state index < -0.39 is 5.97 Å². The van der Waals surface area contributed by atoms with E-state index in [1.165, 1.54) is 0 Å². The summed E-state index contributed by atoms with van der Waals surface area (Å²) < 4.78 is 0. The summed E-state index contributed by atoms with van der Waals surface area (Å²) >= 11 is 0. The van der Waals surface area contributed by atoms with Crippen molar-refractivity contribution in [3.63, 3.8) is 0 Å². The number of nitrogens with zero attached hydrogens (tertiary/aromatic N) is 2. The number of ketones is 1. The first kappa shape index (κ1) is 21.4. The van der Waals surface area contributed by atoms with E-state index in [2.05, 4.69) is 10.6 Å². The lowest BCUT2D eigenvalue weighted by atomic mass is 9.98. The van der Waals surface area contributed by atoms with Gasteiger partial charge in [-0.2, -0.15) is 0 Å². The second-order valence-electron chi connectivity index (χ2n) is 7.11. The number of hydrogen-bond donors (Lipinski definition) is 3. The Morgan fingerprint density at radius 1 is 1.04 bits per heavy atom. The Labute approximate surface area is 149 Å². The lowest BCUT2D eigenvalue weighted by molar-refractivity contribution is -0.138. The molecule has 144 valence electrons. The molecule has 0 saturated carbocycles. The molecule has 0 aromatic rings. The first-order chi connectivity index (χ1) is 11.7. The van der Waals surface area contributed by atoms with Crippen molar-refractivity contribution in [3.8, 4) is 0 Å². The molecule has 0 aliphatic carbocycles. The van der Waals surface area contributed by atoms with Gasteiger partial charge in [0.25, 0.3) is 0 Å². The molecule has 1 saturated heterocycles. The van der Waals surface area contributed by atoms with Crippen LogP contribution in [-0.4, -0.2) is 84.0 Å². The molecule has 25 heavy (non-hydrogen) atoms. The van der Waals surface area contributed by atoms with Gasteiger partial charge < -0.3 is 20.6 Å². The van der Waals surface area contributed by atoms with Crippen LogP contribution >= 0.6 is 0 Å². The van der Waals surface area contributed by atoms with Crippen LogP contribution in [0.2, 0.25) is 0 Å². The Bertz CT molecular complexity index is 460. The van der Waals surface area contributed by atoms with Crippen LogP contribution in [0, 0.1) is 5.92 Å². The van der Waals surface area contributed by atoms with E-state index in [1.54, 1.807) is 4.90 Å². The summed E-state index contributed by atoms with van der Waals surface area (Å²) in [5, 5.41) is 14.9. The van der Waals surface area contributed by atoms with Gasteiger partial charge >= 0.3 is 12.0 Å². The molecule has 8 nitrogen and oxygen atoms in total. The predicted molar refractivity (Wildman–Crippen MR) is 95.6 cm³/mol. The molecule has 1 rings (SSSR count). The Kier molecular flexibility index (Phi) is 8.85. The number of amides is 2. The van der Waals surface area contributed by atoms with Crippen molar-refractivity contribution in [1.82, 2.24) is 20.4 Å². The zero-order valence-electron chi connectivity index (χ0n) is 15.7. The Morgan fingerprint density at radius 3 is 2.12 bits per heavy atom. The predicted octanol–water partition coefficient (Wildman–Crippen LogP) is 0.380. The number of carbonyl (C=O) groups is 3. The minimum absolute atomic E-state index is 0.00925. The summed E-state index contributed by atoms with van der Waals surface area (Å²) in [6.45, 7) is 10.3. The number of carboxylic acid groups (broad SMARTS) is 1. The molecule has 1 heterocycles. The SMILES string of the molecule is CC(C)N[C@@H](CCNC(=O)N1CCN(CC(=O)O)CC1)C(=O)C(C)C. The van der Waals surface area contributed by atoms with Crippen molar-refractivity contribution in [2.45, 2.75) is 46.2 Å². The monoisotopic (exact) mass is 356 g/mol. The van der Waals surface area contributed by atoms with Gasteiger partial charge in [0.1, 0.15) is 0 Å². The summed E-state index contributed by atoms with van der Waals surface area (Å²) in [6.07, 6.45) is 0.555. The fourth-order valence-electron chi connectivity index (χ4n) is 2.85. The van der Waals surface area contributed by atoms with Crippen molar-refractivity contribution in [1.29, 1.82) is 0 Å². The number of hydrogen-bond acceptors (Lipinski definition) is 5. The molecule has 0 aromatic carbocycles. The second kappa shape index (κ2) is 10.4. The minimum atomic E-state index is -0.851. The Balaban J connectivity index is 2.37. The van der Waals surface area contributed by atoms with Crippen LogP contribution in [0.1, 0.15) is 34.1 Å². The highest BCUT2D eigenvalue weighted by Crippen LogP contribution is 2.05. The molecule has 3 N–H and O–H groups in total. The number of piperazine rings is 1. The number of carboxylic acids is 1. The third-order valence-corrected chi connectivity index (χ3v) is 4.17. The van der Waals surface area contributed by atoms with Gasteiger partial charge in [-0.25, -0.2) is 4.79 Å². The maximum atomic E-state index is 12.2. The van der Waals surface area contributed by atoms with Gasteiger partial charge in [-0.15, -0.1) is 0 Å². The van der Waals surface area contributed by atoms with E-state index in [0.29, 0.717) is 39.1 Å². The van der Waals surface area contributed by atoms with E-state index >= 15 is 0 Å². The van der Waals surface area contributed by atoms with Crippen molar-refractivity contribution >= 4 is 17.8 Å². The molecular weight excluding hydrogens is 324 g/mol. The third-order valence-electron chi connectivity index (χ3n) is 4.17. The zero-order chi connectivity index (χ0) is 19.0. The van der Waals surface area contributed by atoms with Crippen LogP contribution in [0.3, 0.4) is 0 Å². The number of carbonyl (C=O) groups excluding carboxylic acids is 2. The van der Waals surface area contributed by atoms with Crippen LogP contribution < -0.4 is 10.6 Å². The number of rotatable bonds is 9. The summed E-state index contributed by atoms with van der Waals surface area (Å²) in [5.74, 6) is -0.740. The lowest BCUT2D eigenvalue weighted by Crippen LogP contribution is -2.53. The van der Waals surface area contributed by atoms with Crippen molar-refractivity contribution < 1.29 is 19.5 Å². The molecule has 1 aliphatic rings. The third kappa shape index (κ3) is 7.83. The topological polar surface area (TPSA) is 102 Å². The standard InChI is InChI=1S/C17H32N4O4/c1-12(2)16(24)14(19-13(3)4)5-6-18-17(25)21-9-7-20(8-10-21)11-15(22)23/h12-14,19H,5-11H2,1-4H3,(H,18,25)(H,22,23)/t14-/m0/s1. The van der Waals surface area contributed by atoms with Crippen molar-refractivity contribution in [2.75, 3.05) is 39.3 Å². The summed E-state index contributed by atoms with van der Waals surface area (Å²) in [4.78, 5) is 38.7. The fraction of sp³-hybridized carbons (Fsp3) is 0.824. The molecule has 0 spiro atoms. The van der Waals surface area contributed by atoms with Crippen LogP contribution in [0.5, 0.6) is 0 Å². The molecule has 0 bridgehead atoms. The molecule has 0 radical (unpaired) electrons. The largest absolute Gasteiger partial charge is 0.480 e. The quantitative estimate of drug-likeness (QED) is 0.552. The van der Waals surface area contributed by atoms with Gasteiger partial charge in [0.2, 0.25) is 0 Å². The highest BCUT2D eigenvalue weighted by molar-refractivity contribution is 5.85. The maximum absolute atomic E-state index is 12.2. The highest BCUT2D eigenvalue weighted by atomic mass is 16.4. The highest BCUT2D eigenvalue weighted by Gasteiger charge is 2.24. The van der Waals surface area contributed by atoms with E-state index in [4.69, 9.17) is 5.11 Å². The second-order valence-corrected chi connectivity index (χ2v) is 7.11. The van der Waals surface area contributed by atoms with Crippen LogP contribution in [0.15, 0.2) is 0 Å². The summed E-state index contributed by atoms with van der Waals surface area (Å²) in [7, 11) is 0. The molecule has 8 heteroatoms. The van der Waals surface area contributed by atoms with Crippen molar-refractivity contribution in [3.05, 3.63) is 0 Å². The van der Waals surface area contributed by atoms with Gasteiger partial charge in [-0.3, -0.25) is 14.5 Å². The molecule has 0 aromatic heterocycles. The lowest BCUT2D eigenvalue weighted by Gasteiger charge is -2.33. The van der Waals surface area contributed by atoms with E-state index in [9.17, 15) is 14.4 Å².